The molecule has 1 aromatic heterocycles. The number of hydrogen-bond acceptors (Lipinski definition) is 2. The van der Waals surface area contributed by atoms with Crippen LogP contribution in [0.3, 0.4) is 0 Å². The van der Waals surface area contributed by atoms with E-state index in [0.717, 1.165) is 5.56 Å². The Balaban J connectivity index is 2.32. The van der Waals surface area contributed by atoms with Crippen LogP contribution in [0.4, 0.5) is 0 Å². The Morgan fingerprint density at radius 3 is 2.53 bits per heavy atom. The van der Waals surface area contributed by atoms with Gasteiger partial charge in [0.05, 0.1) is 0 Å². The van der Waals surface area contributed by atoms with Gasteiger partial charge in [-0.3, -0.25) is 0 Å². The maximum atomic E-state index is 10.0. The van der Waals surface area contributed by atoms with Gasteiger partial charge in [0.1, 0.15) is 11.9 Å². The third kappa shape index (κ3) is 2.03. The molecule has 0 aliphatic rings. The molecule has 3 nitrogen and oxygen atoms in total. The SMILES string of the molecule is Cn1ccnc1[C@@H](O)c1ccc(Cl)cc1. The molecular formula is C11H11ClN2O. The van der Waals surface area contributed by atoms with Crippen LogP contribution in [0.1, 0.15) is 17.5 Å². The summed E-state index contributed by atoms with van der Waals surface area (Å²) in [5, 5.41) is 10.7. The van der Waals surface area contributed by atoms with Crippen LogP contribution in [0.5, 0.6) is 0 Å². The molecule has 0 fully saturated rings. The summed E-state index contributed by atoms with van der Waals surface area (Å²) in [6.07, 6.45) is 2.76. The number of nitrogens with zero attached hydrogens (tertiary/aromatic N) is 2. The van der Waals surface area contributed by atoms with Crippen LogP contribution >= 0.6 is 11.6 Å². The first-order chi connectivity index (χ1) is 7.18. The number of rotatable bonds is 2. The Morgan fingerprint density at radius 2 is 2.00 bits per heavy atom. The second-order valence-corrected chi connectivity index (χ2v) is 3.79. The van der Waals surface area contributed by atoms with E-state index in [2.05, 4.69) is 4.98 Å². The van der Waals surface area contributed by atoms with Gasteiger partial charge in [-0.05, 0) is 17.7 Å². The van der Waals surface area contributed by atoms with Crippen molar-refractivity contribution in [1.82, 2.24) is 9.55 Å². The molecule has 0 radical (unpaired) electrons. The van der Waals surface area contributed by atoms with E-state index in [9.17, 15) is 5.11 Å². The minimum absolute atomic E-state index is 0.623. The fraction of sp³-hybridized carbons (Fsp3) is 0.182. The van der Waals surface area contributed by atoms with Gasteiger partial charge in [-0.25, -0.2) is 4.98 Å². The standard InChI is InChI=1S/C11H11ClN2O/c1-14-7-6-13-11(14)10(15)8-2-4-9(12)5-3-8/h2-7,10,15H,1H3/t10-/m0/s1. The van der Waals surface area contributed by atoms with E-state index in [1.807, 2.05) is 7.05 Å². The number of halogens is 1. The number of aliphatic hydroxyl groups excluding tert-OH is 1. The van der Waals surface area contributed by atoms with Crippen LogP contribution in [0.2, 0.25) is 5.02 Å². The van der Waals surface area contributed by atoms with Crippen LogP contribution in [-0.2, 0) is 7.05 Å². The summed E-state index contributed by atoms with van der Waals surface area (Å²) in [4.78, 5) is 4.09. The van der Waals surface area contributed by atoms with E-state index in [1.54, 1.807) is 41.2 Å². The van der Waals surface area contributed by atoms with Crippen molar-refractivity contribution in [2.24, 2.45) is 7.05 Å². The van der Waals surface area contributed by atoms with E-state index in [4.69, 9.17) is 11.6 Å². The smallest absolute Gasteiger partial charge is 0.142 e. The third-order valence-corrected chi connectivity index (χ3v) is 2.54. The second-order valence-electron chi connectivity index (χ2n) is 3.35. The molecule has 0 bridgehead atoms. The first-order valence-corrected chi connectivity index (χ1v) is 4.97. The lowest BCUT2D eigenvalue weighted by Crippen LogP contribution is -2.06. The van der Waals surface area contributed by atoms with Crippen LogP contribution in [0.15, 0.2) is 36.7 Å². The minimum atomic E-state index is -0.706. The highest BCUT2D eigenvalue weighted by atomic mass is 35.5. The van der Waals surface area contributed by atoms with Crippen LogP contribution in [0.25, 0.3) is 0 Å². The van der Waals surface area contributed by atoms with Crippen molar-refractivity contribution in [2.75, 3.05) is 0 Å². The van der Waals surface area contributed by atoms with Gasteiger partial charge < -0.3 is 9.67 Å². The third-order valence-electron chi connectivity index (χ3n) is 2.29. The van der Waals surface area contributed by atoms with Gasteiger partial charge in [-0.1, -0.05) is 23.7 Å². The molecule has 1 heterocycles. The Bertz CT molecular complexity index is 450. The highest BCUT2D eigenvalue weighted by molar-refractivity contribution is 6.30. The van der Waals surface area contributed by atoms with Crippen LogP contribution < -0.4 is 0 Å². The van der Waals surface area contributed by atoms with Crippen LogP contribution in [-0.4, -0.2) is 14.7 Å². The van der Waals surface area contributed by atoms with Gasteiger partial charge in [0.25, 0.3) is 0 Å². The summed E-state index contributed by atoms with van der Waals surface area (Å²) < 4.78 is 1.79. The van der Waals surface area contributed by atoms with Crippen molar-refractivity contribution in [3.63, 3.8) is 0 Å². The predicted molar refractivity (Wildman–Crippen MR) is 58.7 cm³/mol. The molecule has 2 aromatic rings. The zero-order valence-corrected chi connectivity index (χ0v) is 9.02. The molecule has 2 rings (SSSR count). The molecule has 0 amide bonds. The number of benzene rings is 1. The molecule has 0 saturated carbocycles. The maximum absolute atomic E-state index is 10.0. The average molecular weight is 223 g/mol. The van der Waals surface area contributed by atoms with Crippen molar-refractivity contribution in [3.8, 4) is 0 Å². The van der Waals surface area contributed by atoms with Crippen molar-refractivity contribution < 1.29 is 5.11 Å². The fourth-order valence-corrected chi connectivity index (χ4v) is 1.56. The highest BCUT2D eigenvalue weighted by Gasteiger charge is 2.14. The van der Waals surface area contributed by atoms with E-state index in [1.165, 1.54) is 0 Å². The van der Waals surface area contributed by atoms with Crippen LogP contribution in [0, 0.1) is 0 Å². The first kappa shape index (κ1) is 10.2. The average Bonchev–Trinajstić information content (AvgIpc) is 2.65. The van der Waals surface area contributed by atoms with Crippen molar-refractivity contribution in [3.05, 3.63) is 53.1 Å². The summed E-state index contributed by atoms with van der Waals surface area (Å²) in [6, 6.07) is 7.09. The second kappa shape index (κ2) is 4.04. The molecule has 0 aliphatic heterocycles. The number of imidazole rings is 1. The molecule has 0 spiro atoms. The maximum Gasteiger partial charge on any atom is 0.142 e. The van der Waals surface area contributed by atoms with Gasteiger partial charge >= 0.3 is 0 Å². The Hall–Kier alpha value is -1.32. The van der Waals surface area contributed by atoms with Crippen molar-refractivity contribution in [1.29, 1.82) is 0 Å². The molecule has 4 heteroatoms. The predicted octanol–water partition coefficient (Wildman–Crippen LogP) is 2.16. The summed E-state index contributed by atoms with van der Waals surface area (Å²) in [7, 11) is 1.85. The Kier molecular flexibility index (Phi) is 2.75. The first-order valence-electron chi connectivity index (χ1n) is 4.59. The number of hydrogen-bond donors (Lipinski definition) is 1. The normalized spacial score (nSPS) is 12.7. The highest BCUT2D eigenvalue weighted by Crippen LogP contribution is 2.21. The number of aryl methyl sites for hydroxylation is 1. The van der Waals surface area contributed by atoms with Gasteiger partial charge in [-0.2, -0.15) is 0 Å². The molecule has 0 aliphatic carbocycles. The van der Waals surface area contributed by atoms with Gasteiger partial charge in [0.2, 0.25) is 0 Å². The van der Waals surface area contributed by atoms with E-state index < -0.39 is 6.10 Å². The molecular weight excluding hydrogens is 212 g/mol. The largest absolute Gasteiger partial charge is 0.380 e. The molecule has 1 atom stereocenters. The topological polar surface area (TPSA) is 38.0 Å². The molecule has 1 N–H and O–H groups in total. The molecule has 78 valence electrons. The number of aromatic nitrogens is 2. The van der Waals surface area contributed by atoms with Crippen molar-refractivity contribution >= 4 is 11.6 Å². The monoisotopic (exact) mass is 222 g/mol. The lowest BCUT2D eigenvalue weighted by molar-refractivity contribution is 0.206. The van der Waals surface area contributed by atoms with E-state index in [-0.39, 0.29) is 0 Å². The summed E-state index contributed by atoms with van der Waals surface area (Å²) in [6.45, 7) is 0. The zero-order chi connectivity index (χ0) is 10.8. The number of aliphatic hydroxyl groups is 1. The summed E-state index contributed by atoms with van der Waals surface area (Å²) >= 11 is 5.77. The Labute approximate surface area is 93.0 Å². The van der Waals surface area contributed by atoms with Gasteiger partial charge in [0, 0.05) is 24.5 Å². The molecule has 0 unspecified atom stereocenters. The lowest BCUT2D eigenvalue weighted by atomic mass is 10.1. The molecule has 15 heavy (non-hydrogen) atoms. The lowest BCUT2D eigenvalue weighted by Gasteiger charge is -2.10. The van der Waals surface area contributed by atoms with E-state index >= 15 is 0 Å². The van der Waals surface area contributed by atoms with Gasteiger partial charge in [0.15, 0.2) is 0 Å². The quantitative estimate of drug-likeness (QED) is 0.846. The molecule has 1 aromatic carbocycles. The fourth-order valence-electron chi connectivity index (χ4n) is 1.43. The van der Waals surface area contributed by atoms with E-state index in [0.29, 0.717) is 10.8 Å². The zero-order valence-electron chi connectivity index (χ0n) is 8.26. The molecule has 0 saturated heterocycles. The minimum Gasteiger partial charge on any atom is -0.380 e. The van der Waals surface area contributed by atoms with Crippen molar-refractivity contribution in [2.45, 2.75) is 6.10 Å². The van der Waals surface area contributed by atoms with Gasteiger partial charge in [-0.15, -0.1) is 0 Å². The summed E-state index contributed by atoms with van der Waals surface area (Å²) in [5.41, 5.74) is 0.786. The summed E-state index contributed by atoms with van der Waals surface area (Å²) in [5.74, 6) is 0.623. The Morgan fingerprint density at radius 1 is 1.33 bits per heavy atom.